The van der Waals surface area contributed by atoms with Crippen LogP contribution in [0.4, 0.5) is 4.79 Å². The molecular formula is C9H20N2O. The fourth-order valence-electron chi connectivity index (χ4n) is 1.13. The Balaban J connectivity index is 0.000000561. The Hall–Kier alpha value is -0.730. The molecule has 1 aliphatic rings. The molecule has 1 fully saturated rings. The summed E-state index contributed by atoms with van der Waals surface area (Å²) < 4.78 is 0. The Bertz CT molecular complexity index is 147. The summed E-state index contributed by atoms with van der Waals surface area (Å²) in [6.07, 6.45) is 1.08. The second-order valence-electron chi connectivity index (χ2n) is 2.95. The van der Waals surface area contributed by atoms with Crippen molar-refractivity contribution >= 4 is 6.03 Å². The van der Waals surface area contributed by atoms with E-state index in [9.17, 15) is 4.79 Å². The van der Waals surface area contributed by atoms with Crippen molar-refractivity contribution in [2.45, 2.75) is 33.2 Å². The van der Waals surface area contributed by atoms with Gasteiger partial charge in [0.1, 0.15) is 0 Å². The van der Waals surface area contributed by atoms with E-state index in [0.717, 1.165) is 13.0 Å². The number of amides is 2. The fourth-order valence-corrected chi connectivity index (χ4v) is 1.13. The lowest BCUT2D eigenvalue weighted by atomic mass is 10.2. The average Bonchev–Trinajstić information content (AvgIpc) is 2.12. The van der Waals surface area contributed by atoms with Crippen LogP contribution in [0.5, 0.6) is 0 Å². The Kier molecular flexibility index (Phi) is 4.71. The van der Waals surface area contributed by atoms with Gasteiger partial charge < -0.3 is 9.80 Å². The average molecular weight is 172 g/mol. The summed E-state index contributed by atoms with van der Waals surface area (Å²) in [5.41, 5.74) is 0. The monoisotopic (exact) mass is 172 g/mol. The normalized spacial score (nSPS) is 23.4. The third kappa shape index (κ3) is 2.40. The zero-order chi connectivity index (χ0) is 9.72. The van der Waals surface area contributed by atoms with Crippen LogP contribution in [0.25, 0.3) is 0 Å². The van der Waals surface area contributed by atoms with Crippen molar-refractivity contribution < 1.29 is 4.79 Å². The number of hydrogen-bond donors (Lipinski definition) is 0. The van der Waals surface area contributed by atoms with E-state index < -0.39 is 0 Å². The van der Waals surface area contributed by atoms with E-state index in [1.54, 1.807) is 9.80 Å². The minimum Gasteiger partial charge on any atom is -0.328 e. The van der Waals surface area contributed by atoms with Gasteiger partial charge in [-0.3, -0.25) is 0 Å². The molecule has 0 saturated carbocycles. The number of hydrogen-bond acceptors (Lipinski definition) is 1. The molecule has 0 aliphatic carbocycles. The predicted octanol–water partition coefficient (Wildman–Crippen LogP) is 1.79. The van der Waals surface area contributed by atoms with E-state index in [0.29, 0.717) is 6.04 Å². The molecule has 2 amide bonds. The van der Waals surface area contributed by atoms with E-state index in [-0.39, 0.29) is 6.03 Å². The standard InChI is InChI=1S/C7H14N2O.C2H6/c1-6-4-5-8(2)7(10)9(6)3;1-2/h6H,4-5H2,1-3H3;1-2H3/t6-;/m0./s1. The second-order valence-corrected chi connectivity index (χ2v) is 2.95. The molecule has 3 nitrogen and oxygen atoms in total. The van der Waals surface area contributed by atoms with Gasteiger partial charge in [0.2, 0.25) is 0 Å². The highest BCUT2D eigenvalue weighted by Gasteiger charge is 2.24. The molecule has 0 radical (unpaired) electrons. The summed E-state index contributed by atoms with van der Waals surface area (Å²) in [4.78, 5) is 14.7. The van der Waals surface area contributed by atoms with Gasteiger partial charge in [-0.25, -0.2) is 4.79 Å². The minimum absolute atomic E-state index is 0.138. The smallest absolute Gasteiger partial charge is 0.319 e. The number of nitrogens with zero attached hydrogens (tertiary/aromatic N) is 2. The van der Waals surface area contributed by atoms with Gasteiger partial charge in [0.25, 0.3) is 0 Å². The van der Waals surface area contributed by atoms with Crippen LogP contribution in [0.15, 0.2) is 0 Å². The highest BCUT2D eigenvalue weighted by atomic mass is 16.2. The molecule has 1 atom stereocenters. The first kappa shape index (κ1) is 11.3. The number of urea groups is 1. The molecule has 0 N–H and O–H groups in total. The van der Waals surface area contributed by atoms with Gasteiger partial charge in [-0.1, -0.05) is 13.8 Å². The molecule has 1 aliphatic heterocycles. The third-order valence-electron chi connectivity index (χ3n) is 2.17. The molecule has 1 saturated heterocycles. The van der Waals surface area contributed by atoms with Gasteiger partial charge >= 0.3 is 6.03 Å². The van der Waals surface area contributed by atoms with Crippen LogP contribution in [0.1, 0.15) is 27.2 Å². The Labute approximate surface area is 75.3 Å². The molecule has 1 heterocycles. The predicted molar refractivity (Wildman–Crippen MR) is 51.2 cm³/mol. The molecule has 0 aromatic heterocycles. The van der Waals surface area contributed by atoms with E-state index in [4.69, 9.17) is 0 Å². The number of carbonyl (C=O) groups excluding carboxylic acids is 1. The molecular weight excluding hydrogens is 152 g/mol. The Morgan fingerprint density at radius 2 is 1.83 bits per heavy atom. The fraction of sp³-hybridized carbons (Fsp3) is 0.889. The summed E-state index contributed by atoms with van der Waals surface area (Å²) in [7, 11) is 3.69. The molecule has 72 valence electrons. The van der Waals surface area contributed by atoms with Crippen LogP contribution in [-0.4, -0.2) is 42.5 Å². The van der Waals surface area contributed by atoms with E-state index in [2.05, 4.69) is 6.92 Å². The first-order valence-electron chi connectivity index (χ1n) is 4.61. The molecule has 0 unspecified atom stereocenters. The number of rotatable bonds is 0. The van der Waals surface area contributed by atoms with E-state index in [1.165, 1.54) is 0 Å². The lowest BCUT2D eigenvalue weighted by Crippen LogP contribution is -2.49. The molecule has 0 bridgehead atoms. The van der Waals surface area contributed by atoms with E-state index in [1.807, 2.05) is 27.9 Å². The van der Waals surface area contributed by atoms with Crippen LogP contribution in [0.2, 0.25) is 0 Å². The lowest BCUT2D eigenvalue weighted by Gasteiger charge is -2.35. The highest BCUT2D eigenvalue weighted by molar-refractivity contribution is 5.74. The molecule has 0 aromatic carbocycles. The lowest BCUT2D eigenvalue weighted by molar-refractivity contribution is 0.130. The summed E-state index contributed by atoms with van der Waals surface area (Å²) in [6, 6.07) is 0.544. The van der Waals surface area contributed by atoms with Crippen molar-refractivity contribution in [1.82, 2.24) is 9.80 Å². The molecule has 0 aromatic rings. The maximum atomic E-state index is 11.2. The molecule has 3 heteroatoms. The van der Waals surface area contributed by atoms with Crippen LogP contribution >= 0.6 is 0 Å². The molecule has 0 spiro atoms. The first-order valence-corrected chi connectivity index (χ1v) is 4.61. The zero-order valence-electron chi connectivity index (χ0n) is 8.79. The van der Waals surface area contributed by atoms with Gasteiger partial charge in [-0.2, -0.15) is 0 Å². The first-order chi connectivity index (χ1) is 5.63. The van der Waals surface area contributed by atoms with Crippen molar-refractivity contribution in [2.24, 2.45) is 0 Å². The van der Waals surface area contributed by atoms with Crippen molar-refractivity contribution in [2.75, 3.05) is 20.6 Å². The van der Waals surface area contributed by atoms with Gasteiger partial charge in [-0.15, -0.1) is 0 Å². The van der Waals surface area contributed by atoms with E-state index >= 15 is 0 Å². The zero-order valence-corrected chi connectivity index (χ0v) is 8.79. The molecule has 12 heavy (non-hydrogen) atoms. The highest BCUT2D eigenvalue weighted by Crippen LogP contribution is 2.11. The van der Waals surface area contributed by atoms with Crippen molar-refractivity contribution in [3.8, 4) is 0 Å². The van der Waals surface area contributed by atoms with Crippen LogP contribution in [0.3, 0.4) is 0 Å². The maximum Gasteiger partial charge on any atom is 0.319 e. The van der Waals surface area contributed by atoms with Gasteiger partial charge in [-0.05, 0) is 13.3 Å². The third-order valence-corrected chi connectivity index (χ3v) is 2.17. The van der Waals surface area contributed by atoms with Crippen LogP contribution < -0.4 is 0 Å². The van der Waals surface area contributed by atoms with Gasteiger partial charge in [0, 0.05) is 26.7 Å². The SMILES string of the molecule is CC.C[C@H]1CCN(C)C(=O)N1C. The summed E-state index contributed by atoms with van der Waals surface area (Å²) >= 11 is 0. The number of carbonyl (C=O) groups is 1. The topological polar surface area (TPSA) is 23.6 Å². The Morgan fingerprint density at radius 3 is 2.25 bits per heavy atom. The second kappa shape index (κ2) is 5.01. The van der Waals surface area contributed by atoms with Gasteiger partial charge in [0.15, 0.2) is 0 Å². The van der Waals surface area contributed by atoms with Gasteiger partial charge in [0.05, 0.1) is 0 Å². The summed E-state index contributed by atoms with van der Waals surface area (Å²) in [6.45, 7) is 6.97. The van der Waals surface area contributed by atoms with Crippen molar-refractivity contribution in [3.63, 3.8) is 0 Å². The summed E-state index contributed by atoms with van der Waals surface area (Å²) in [5, 5.41) is 0. The van der Waals surface area contributed by atoms with Crippen LogP contribution in [0, 0.1) is 0 Å². The van der Waals surface area contributed by atoms with Crippen LogP contribution in [-0.2, 0) is 0 Å². The van der Waals surface area contributed by atoms with Crippen molar-refractivity contribution in [3.05, 3.63) is 0 Å². The quantitative estimate of drug-likeness (QED) is 0.546. The summed E-state index contributed by atoms with van der Waals surface area (Å²) in [5.74, 6) is 0. The minimum atomic E-state index is 0.138. The largest absolute Gasteiger partial charge is 0.328 e. The molecule has 1 rings (SSSR count). The maximum absolute atomic E-state index is 11.2. The van der Waals surface area contributed by atoms with Crippen molar-refractivity contribution in [1.29, 1.82) is 0 Å². The Morgan fingerprint density at radius 1 is 1.33 bits per heavy atom.